The lowest BCUT2D eigenvalue weighted by Gasteiger charge is -2.17. The number of para-hydroxylation sites is 2. The first kappa shape index (κ1) is 17.1. The van der Waals surface area contributed by atoms with Crippen molar-refractivity contribution in [2.45, 2.75) is 39.8 Å². The molecule has 0 bridgehead atoms. The van der Waals surface area contributed by atoms with Crippen LogP contribution in [0.3, 0.4) is 0 Å². The summed E-state index contributed by atoms with van der Waals surface area (Å²) in [6.45, 7) is 7.30. The molecular formula is C20H24N4O. The number of pyridine rings is 1. The third-order valence-corrected chi connectivity index (χ3v) is 4.29. The molecule has 1 N–H and O–H groups in total. The van der Waals surface area contributed by atoms with E-state index in [1.165, 1.54) is 0 Å². The Balaban J connectivity index is 1.88. The van der Waals surface area contributed by atoms with Crippen molar-refractivity contribution in [2.75, 3.05) is 0 Å². The maximum absolute atomic E-state index is 12.4. The Morgan fingerprint density at radius 2 is 1.84 bits per heavy atom. The molecule has 0 radical (unpaired) electrons. The second-order valence-electron chi connectivity index (χ2n) is 6.72. The fourth-order valence-electron chi connectivity index (χ4n) is 2.89. The zero-order valence-electron chi connectivity index (χ0n) is 14.9. The van der Waals surface area contributed by atoms with Gasteiger partial charge in [-0.1, -0.05) is 26.0 Å². The van der Waals surface area contributed by atoms with Gasteiger partial charge in [0.2, 0.25) is 0 Å². The summed E-state index contributed by atoms with van der Waals surface area (Å²) in [5.41, 5.74) is 2.68. The van der Waals surface area contributed by atoms with Gasteiger partial charge in [-0.2, -0.15) is 0 Å². The summed E-state index contributed by atoms with van der Waals surface area (Å²) in [4.78, 5) is 21.2. The van der Waals surface area contributed by atoms with Gasteiger partial charge in [0.15, 0.2) is 0 Å². The van der Waals surface area contributed by atoms with Gasteiger partial charge in [0.05, 0.1) is 17.1 Å². The molecule has 0 aliphatic carbocycles. The van der Waals surface area contributed by atoms with Crippen LogP contribution in [-0.2, 0) is 6.54 Å². The summed E-state index contributed by atoms with van der Waals surface area (Å²) >= 11 is 0. The van der Waals surface area contributed by atoms with Crippen LogP contribution in [0.5, 0.6) is 0 Å². The van der Waals surface area contributed by atoms with Crippen molar-refractivity contribution < 1.29 is 4.79 Å². The van der Waals surface area contributed by atoms with Crippen LogP contribution in [0.25, 0.3) is 11.0 Å². The lowest BCUT2D eigenvalue weighted by Crippen LogP contribution is -2.28. The fourth-order valence-corrected chi connectivity index (χ4v) is 2.89. The van der Waals surface area contributed by atoms with Crippen LogP contribution in [0.15, 0.2) is 48.8 Å². The second-order valence-corrected chi connectivity index (χ2v) is 6.72. The van der Waals surface area contributed by atoms with E-state index in [4.69, 9.17) is 4.98 Å². The van der Waals surface area contributed by atoms with Crippen LogP contribution in [0, 0.1) is 5.92 Å². The summed E-state index contributed by atoms with van der Waals surface area (Å²) in [6.07, 6.45) is 4.31. The van der Waals surface area contributed by atoms with Crippen LogP contribution in [0.1, 0.15) is 49.4 Å². The Morgan fingerprint density at radius 3 is 2.56 bits per heavy atom. The van der Waals surface area contributed by atoms with Gasteiger partial charge in [0, 0.05) is 24.5 Å². The largest absolute Gasteiger partial charge is 0.342 e. The number of carbonyl (C=O) groups is 1. The maximum atomic E-state index is 12.4. The first-order chi connectivity index (χ1) is 12.1. The Hall–Kier alpha value is -2.69. The van der Waals surface area contributed by atoms with Crippen molar-refractivity contribution in [1.82, 2.24) is 19.9 Å². The van der Waals surface area contributed by atoms with Crippen LogP contribution in [0.2, 0.25) is 0 Å². The zero-order valence-corrected chi connectivity index (χ0v) is 14.9. The highest BCUT2D eigenvalue weighted by Gasteiger charge is 2.19. The lowest BCUT2D eigenvalue weighted by atomic mass is 10.1. The number of imidazole rings is 1. The predicted molar refractivity (Wildman–Crippen MR) is 99.3 cm³/mol. The number of rotatable bonds is 6. The third-order valence-electron chi connectivity index (χ3n) is 4.29. The van der Waals surface area contributed by atoms with Crippen molar-refractivity contribution >= 4 is 16.9 Å². The number of hydrogen-bond acceptors (Lipinski definition) is 3. The highest BCUT2D eigenvalue weighted by Crippen LogP contribution is 2.22. The number of aryl methyl sites for hydroxylation is 1. The highest BCUT2D eigenvalue weighted by molar-refractivity contribution is 5.94. The average molecular weight is 336 g/mol. The molecule has 5 heteroatoms. The lowest BCUT2D eigenvalue weighted by molar-refractivity contribution is 0.0937. The van der Waals surface area contributed by atoms with Crippen LogP contribution < -0.4 is 5.32 Å². The van der Waals surface area contributed by atoms with E-state index in [0.29, 0.717) is 11.5 Å². The molecule has 5 nitrogen and oxygen atoms in total. The number of nitrogens with zero attached hydrogens (tertiary/aromatic N) is 3. The average Bonchev–Trinajstić information content (AvgIpc) is 2.99. The van der Waals surface area contributed by atoms with E-state index in [-0.39, 0.29) is 11.9 Å². The summed E-state index contributed by atoms with van der Waals surface area (Å²) in [5.74, 6) is 1.39. The van der Waals surface area contributed by atoms with Gasteiger partial charge in [0.25, 0.3) is 5.91 Å². The molecule has 2 heterocycles. The SMILES string of the molecule is CC(C)CCn1c(C(C)NC(=O)c2ccncc2)nc2ccccc21. The van der Waals surface area contributed by atoms with Gasteiger partial charge in [0.1, 0.15) is 5.82 Å². The van der Waals surface area contributed by atoms with Crippen LogP contribution in [-0.4, -0.2) is 20.4 Å². The van der Waals surface area contributed by atoms with Gasteiger partial charge < -0.3 is 9.88 Å². The van der Waals surface area contributed by atoms with Crippen molar-refractivity contribution in [3.05, 3.63) is 60.2 Å². The number of carbonyl (C=O) groups excluding carboxylic acids is 1. The van der Waals surface area contributed by atoms with Gasteiger partial charge in [-0.25, -0.2) is 4.98 Å². The van der Waals surface area contributed by atoms with Gasteiger partial charge in [-0.15, -0.1) is 0 Å². The van der Waals surface area contributed by atoms with Crippen molar-refractivity contribution in [3.63, 3.8) is 0 Å². The standard InChI is InChI=1S/C20H24N4O/c1-14(2)10-13-24-18-7-5-4-6-17(18)23-19(24)15(3)22-20(25)16-8-11-21-12-9-16/h4-9,11-12,14-15H,10,13H2,1-3H3,(H,22,25). The number of aromatic nitrogens is 3. The molecule has 3 rings (SSSR count). The van der Waals surface area contributed by atoms with E-state index >= 15 is 0 Å². The summed E-state index contributed by atoms with van der Waals surface area (Å²) in [5, 5.41) is 3.05. The van der Waals surface area contributed by atoms with E-state index in [1.807, 2.05) is 25.1 Å². The number of hydrogen-bond donors (Lipinski definition) is 1. The number of benzene rings is 1. The number of amides is 1. The minimum Gasteiger partial charge on any atom is -0.342 e. The van der Waals surface area contributed by atoms with Crippen LogP contribution >= 0.6 is 0 Å². The Labute approximate surface area is 148 Å². The van der Waals surface area contributed by atoms with Crippen molar-refractivity contribution in [1.29, 1.82) is 0 Å². The number of nitrogens with one attached hydrogen (secondary N) is 1. The monoisotopic (exact) mass is 336 g/mol. The van der Waals surface area contributed by atoms with Crippen molar-refractivity contribution in [3.8, 4) is 0 Å². The normalized spacial score (nSPS) is 12.5. The van der Waals surface area contributed by atoms with Gasteiger partial charge >= 0.3 is 0 Å². The molecule has 1 amide bonds. The molecule has 2 aromatic heterocycles. The molecule has 1 atom stereocenters. The minimum atomic E-state index is -0.180. The number of fused-ring (bicyclic) bond motifs is 1. The third kappa shape index (κ3) is 3.87. The molecule has 1 unspecified atom stereocenters. The Kier molecular flexibility index (Phi) is 5.12. The second kappa shape index (κ2) is 7.47. The zero-order chi connectivity index (χ0) is 17.8. The molecule has 0 aliphatic heterocycles. The van der Waals surface area contributed by atoms with E-state index in [9.17, 15) is 4.79 Å². The quantitative estimate of drug-likeness (QED) is 0.741. The molecule has 1 aromatic carbocycles. The predicted octanol–water partition coefficient (Wildman–Crippen LogP) is 3.97. The Morgan fingerprint density at radius 1 is 1.12 bits per heavy atom. The minimum absolute atomic E-state index is 0.114. The molecule has 0 fully saturated rings. The van der Waals surface area contributed by atoms with E-state index in [2.05, 4.69) is 34.8 Å². The Bertz CT molecular complexity index is 855. The van der Waals surface area contributed by atoms with E-state index in [1.54, 1.807) is 24.5 Å². The summed E-state index contributed by atoms with van der Waals surface area (Å²) in [7, 11) is 0. The smallest absolute Gasteiger partial charge is 0.251 e. The fraction of sp³-hybridized carbons (Fsp3) is 0.350. The van der Waals surface area contributed by atoms with E-state index in [0.717, 1.165) is 29.8 Å². The summed E-state index contributed by atoms with van der Waals surface area (Å²) in [6, 6.07) is 11.4. The van der Waals surface area contributed by atoms with Crippen molar-refractivity contribution in [2.24, 2.45) is 5.92 Å². The maximum Gasteiger partial charge on any atom is 0.251 e. The molecule has 0 aliphatic rings. The van der Waals surface area contributed by atoms with Crippen LogP contribution in [0.4, 0.5) is 0 Å². The molecule has 25 heavy (non-hydrogen) atoms. The van der Waals surface area contributed by atoms with Gasteiger partial charge in [-0.05, 0) is 43.5 Å². The topological polar surface area (TPSA) is 59.8 Å². The first-order valence-corrected chi connectivity index (χ1v) is 8.72. The molecule has 3 aromatic rings. The molecule has 0 spiro atoms. The molecule has 130 valence electrons. The molecular weight excluding hydrogens is 312 g/mol. The van der Waals surface area contributed by atoms with Gasteiger partial charge in [-0.3, -0.25) is 9.78 Å². The summed E-state index contributed by atoms with van der Waals surface area (Å²) < 4.78 is 2.23. The highest BCUT2D eigenvalue weighted by atomic mass is 16.1. The molecule has 0 saturated heterocycles. The van der Waals surface area contributed by atoms with E-state index < -0.39 is 0 Å². The first-order valence-electron chi connectivity index (χ1n) is 8.72. The molecule has 0 saturated carbocycles.